The highest BCUT2D eigenvalue weighted by molar-refractivity contribution is 7.81. The summed E-state index contributed by atoms with van der Waals surface area (Å²) < 4.78 is 0. The summed E-state index contributed by atoms with van der Waals surface area (Å²) in [6, 6.07) is 0. The molecule has 0 aromatic rings. The van der Waals surface area contributed by atoms with E-state index < -0.39 is 0 Å². The number of hydrogen-bond acceptors (Lipinski definition) is 2. The molecule has 0 amide bonds. The average molecular weight is 393 g/mol. The van der Waals surface area contributed by atoms with E-state index in [4.69, 9.17) is 0 Å². The van der Waals surface area contributed by atoms with Crippen molar-refractivity contribution in [3.05, 3.63) is 0 Å². The van der Waals surface area contributed by atoms with Gasteiger partial charge >= 0.3 is 0 Å². The van der Waals surface area contributed by atoms with E-state index in [1.165, 1.54) is 83.0 Å². The summed E-state index contributed by atoms with van der Waals surface area (Å²) in [5.74, 6) is 2.24. The lowest BCUT2D eigenvalue weighted by Crippen LogP contribution is -2.17. The summed E-state index contributed by atoms with van der Waals surface area (Å²) in [7, 11) is 0.557. The fourth-order valence-electron chi connectivity index (χ4n) is 4.58. The molecule has 23 heavy (non-hydrogen) atoms. The van der Waals surface area contributed by atoms with E-state index in [-0.39, 0.29) is 15.8 Å². The van der Waals surface area contributed by atoms with Crippen molar-refractivity contribution in [2.75, 3.05) is 36.2 Å². The van der Waals surface area contributed by atoms with Crippen LogP contribution in [0.5, 0.6) is 0 Å². The average Bonchev–Trinajstić information content (AvgIpc) is 2.61. The summed E-state index contributed by atoms with van der Waals surface area (Å²) in [6.07, 6.45) is 22.6. The zero-order valence-corrected chi connectivity index (χ0v) is 18.5. The number of hydrogen-bond donors (Lipinski definition) is 2. The standard InChI is InChI=1S/C19H38P2S2/c22-16-14-20(18-8-3-1-4-9-18)12-7-13-21(15-17-23)19-10-5-2-6-11-19/h18-19,22-23H,1-17H2. The van der Waals surface area contributed by atoms with E-state index in [2.05, 4.69) is 25.3 Å². The lowest BCUT2D eigenvalue weighted by Gasteiger charge is -2.33. The Morgan fingerprint density at radius 2 is 0.957 bits per heavy atom. The van der Waals surface area contributed by atoms with Crippen molar-refractivity contribution < 1.29 is 0 Å². The fourth-order valence-corrected chi connectivity index (χ4v) is 12.1. The highest BCUT2D eigenvalue weighted by atomic mass is 32.1. The van der Waals surface area contributed by atoms with Crippen LogP contribution >= 0.6 is 41.1 Å². The van der Waals surface area contributed by atoms with E-state index in [0.717, 1.165) is 22.8 Å². The van der Waals surface area contributed by atoms with Crippen molar-refractivity contribution >= 4 is 41.1 Å². The van der Waals surface area contributed by atoms with Gasteiger partial charge in [-0.05, 0) is 79.6 Å². The Bertz CT molecular complexity index is 261. The first-order valence-corrected chi connectivity index (χ1v) is 14.9. The van der Waals surface area contributed by atoms with Gasteiger partial charge in [0.05, 0.1) is 0 Å². The van der Waals surface area contributed by atoms with Gasteiger partial charge in [-0.2, -0.15) is 25.3 Å². The molecule has 0 saturated heterocycles. The minimum atomic E-state index is 0.279. The smallest absolute Gasteiger partial charge is 0.00584 e. The largest absolute Gasteiger partial charge is 0.179 e. The molecule has 136 valence electrons. The van der Waals surface area contributed by atoms with Crippen LogP contribution in [0.25, 0.3) is 0 Å². The molecule has 2 atom stereocenters. The highest BCUT2D eigenvalue weighted by Gasteiger charge is 2.25. The zero-order valence-electron chi connectivity index (χ0n) is 15.0. The van der Waals surface area contributed by atoms with Gasteiger partial charge in [0.1, 0.15) is 0 Å². The molecule has 0 N–H and O–H groups in total. The maximum absolute atomic E-state index is 4.57. The van der Waals surface area contributed by atoms with Gasteiger partial charge in [0.25, 0.3) is 0 Å². The first-order chi connectivity index (χ1) is 11.3. The molecular formula is C19H38P2S2. The van der Waals surface area contributed by atoms with Crippen LogP contribution < -0.4 is 0 Å². The molecule has 0 heterocycles. The summed E-state index contributed by atoms with van der Waals surface area (Å²) in [6.45, 7) is 0. The second-order valence-electron chi connectivity index (χ2n) is 7.46. The Balaban J connectivity index is 1.75. The van der Waals surface area contributed by atoms with Gasteiger partial charge in [-0.3, -0.25) is 0 Å². The quantitative estimate of drug-likeness (QED) is 0.294. The van der Waals surface area contributed by atoms with Crippen LogP contribution in [0.2, 0.25) is 0 Å². The van der Waals surface area contributed by atoms with E-state index in [9.17, 15) is 0 Å². The Labute approximate surface area is 159 Å². The van der Waals surface area contributed by atoms with Crippen LogP contribution in [-0.2, 0) is 0 Å². The first kappa shape index (κ1) is 20.9. The van der Waals surface area contributed by atoms with Gasteiger partial charge in [-0.1, -0.05) is 38.5 Å². The number of rotatable bonds is 10. The molecule has 2 saturated carbocycles. The molecular weight excluding hydrogens is 354 g/mol. The van der Waals surface area contributed by atoms with Crippen molar-refractivity contribution in [3.63, 3.8) is 0 Å². The van der Waals surface area contributed by atoms with Crippen LogP contribution in [-0.4, -0.2) is 47.5 Å². The molecule has 2 aliphatic carbocycles. The molecule has 0 aliphatic heterocycles. The zero-order chi connectivity index (χ0) is 16.3. The van der Waals surface area contributed by atoms with Crippen LogP contribution in [0.4, 0.5) is 0 Å². The predicted molar refractivity (Wildman–Crippen MR) is 119 cm³/mol. The van der Waals surface area contributed by atoms with Gasteiger partial charge in [-0.15, -0.1) is 15.8 Å². The van der Waals surface area contributed by atoms with Crippen molar-refractivity contribution in [2.24, 2.45) is 0 Å². The van der Waals surface area contributed by atoms with E-state index >= 15 is 0 Å². The summed E-state index contributed by atoms with van der Waals surface area (Å²) in [5.41, 5.74) is 2.19. The third-order valence-corrected chi connectivity index (χ3v) is 13.5. The maximum Gasteiger partial charge on any atom is -0.00584 e. The van der Waals surface area contributed by atoms with E-state index in [1.807, 2.05) is 0 Å². The van der Waals surface area contributed by atoms with Gasteiger partial charge in [0, 0.05) is 0 Å². The second-order valence-corrected chi connectivity index (χ2v) is 14.0. The monoisotopic (exact) mass is 392 g/mol. The van der Waals surface area contributed by atoms with Gasteiger partial charge < -0.3 is 0 Å². The minimum absolute atomic E-state index is 0.279. The van der Waals surface area contributed by atoms with Crippen molar-refractivity contribution in [3.8, 4) is 0 Å². The van der Waals surface area contributed by atoms with Gasteiger partial charge in [0.15, 0.2) is 0 Å². The van der Waals surface area contributed by atoms with Crippen LogP contribution in [0.3, 0.4) is 0 Å². The van der Waals surface area contributed by atoms with E-state index in [0.29, 0.717) is 0 Å². The molecule has 2 aliphatic rings. The third-order valence-electron chi connectivity index (χ3n) is 5.85. The number of thiol groups is 2. The van der Waals surface area contributed by atoms with Crippen molar-refractivity contribution in [1.29, 1.82) is 0 Å². The van der Waals surface area contributed by atoms with Gasteiger partial charge in [-0.25, -0.2) is 0 Å². The lowest BCUT2D eigenvalue weighted by molar-refractivity contribution is 0.509. The maximum atomic E-state index is 4.57. The lowest BCUT2D eigenvalue weighted by atomic mass is 10.0. The van der Waals surface area contributed by atoms with Gasteiger partial charge in [0.2, 0.25) is 0 Å². The minimum Gasteiger partial charge on any atom is -0.179 e. The van der Waals surface area contributed by atoms with Crippen LogP contribution in [0, 0.1) is 0 Å². The molecule has 2 rings (SSSR count). The Morgan fingerprint density at radius 3 is 1.30 bits per heavy atom. The molecule has 0 bridgehead atoms. The molecule has 0 aromatic carbocycles. The predicted octanol–water partition coefficient (Wildman–Crippen LogP) is 6.87. The molecule has 4 heteroatoms. The topological polar surface area (TPSA) is 0 Å². The highest BCUT2D eigenvalue weighted by Crippen LogP contribution is 2.52. The Hall–Kier alpha value is 1.56. The van der Waals surface area contributed by atoms with Crippen LogP contribution in [0.1, 0.15) is 70.6 Å². The molecule has 2 fully saturated rings. The van der Waals surface area contributed by atoms with Crippen molar-refractivity contribution in [1.82, 2.24) is 0 Å². The molecule has 0 spiro atoms. The normalized spacial score (nSPS) is 23.7. The van der Waals surface area contributed by atoms with Crippen LogP contribution in [0.15, 0.2) is 0 Å². The Kier molecular flexibility index (Phi) is 11.6. The van der Waals surface area contributed by atoms with Crippen molar-refractivity contribution in [2.45, 2.75) is 81.9 Å². The Morgan fingerprint density at radius 1 is 0.565 bits per heavy atom. The third kappa shape index (κ3) is 7.76. The summed E-state index contributed by atoms with van der Waals surface area (Å²) in [4.78, 5) is 0. The molecule has 2 unspecified atom stereocenters. The summed E-state index contributed by atoms with van der Waals surface area (Å²) in [5, 5.41) is 0. The molecule has 0 radical (unpaired) electrons. The fraction of sp³-hybridized carbons (Fsp3) is 1.00. The molecule has 0 nitrogen and oxygen atoms in total. The van der Waals surface area contributed by atoms with E-state index in [1.54, 1.807) is 12.3 Å². The second kappa shape index (κ2) is 12.8. The molecule has 0 aromatic heterocycles. The summed E-state index contributed by atoms with van der Waals surface area (Å²) >= 11 is 9.14. The first-order valence-electron chi connectivity index (χ1n) is 10.0. The SMILES string of the molecule is SCCP(CCCP(CCS)C1CCCCC1)C1CCCCC1.